The Balaban J connectivity index is 2.18. The number of nitrogens with two attached hydrogens (primary N) is 1. The molecule has 2 amide bonds. The van der Waals surface area contributed by atoms with Gasteiger partial charge in [-0.3, -0.25) is 14.1 Å². The van der Waals surface area contributed by atoms with Crippen LogP contribution in [0.3, 0.4) is 0 Å². The number of anilines is 1. The molecule has 0 bridgehead atoms. The third-order valence-electron chi connectivity index (χ3n) is 4.27. The molecule has 0 spiro atoms. The number of unbranched alkanes of at least 4 members (excludes halogenated alkanes) is 2. The fraction of sp³-hybridized carbons (Fsp3) is 0.600. The number of amides is 2. The van der Waals surface area contributed by atoms with E-state index in [1.807, 2.05) is 6.92 Å². The van der Waals surface area contributed by atoms with Gasteiger partial charge in [0.1, 0.15) is 12.1 Å². The molecule has 0 aromatic carbocycles. The van der Waals surface area contributed by atoms with Gasteiger partial charge in [0, 0.05) is 5.38 Å². The number of carbonyl (C=O) groups excluding carboxylic acids is 3. The summed E-state index contributed by atoms with van der Waals surface area (Å²) < 4.78 is 36.3. The van der Waals surface area contributed by atoms with Crippen molar-refractivity contribution in [3.8, 4) is 0 Å². The SMILES string of the molecule is CCCCCNC(C(=O)N[C@H]1C(=O)N(S(=O)(=O)O)[C@H]1C(=O)OC)c1csc(N)n1. The number of rotatable bonds is 10. The Morgan fingerprint density at radius 2 is 2.14 bits per heavy atom. The fourth-order valence-electron chi connectivity index (χ4n) is 2.84. The highest BCUT2D eigenvalue weighted by atomic mass is 32.2. The van der Waals surface area contributed by atoms with Crippen LogP contribution in [0.4, 0.5) is 5.13 Å². The third-order valence-corrected chi connectivity index (χ3v) is 5.86. The van der Waals surface area contributed by atoms with Gasteiger partial charge in [0.2, 0.25) is 5.91 Å². The summed E-state index contributed by atoms with van der Waals surface area (Å²) in [5.74, 6) is -2.95. The van der Waals surface area contributed by atoms with Crippen LogP contribution in [0.15, 0.2) is 5.38 Å². The van der Waals surface area contributed by atoms with E-state index in [-0.39, 0.29) is 9.44 Å². The number of ether oxygens (including phenoxy) is 1. The van der Waals surface area contributed by atoms with Crippen molar-refractivity contribution < 1.29 is 32.1 Å². The number of methoxy groups -OCH3 is 1. The highest BCUT2D eigenvalue weighted by Crippen LogP contribution is 2.26. The van der Waals surface area contributed by atoms with Crippen LogP contribution < -0.4 is 16.4 Å². The number of nitrogens with one attached hydrogen (secondary N) is 2. The average Bonchev–Trinajstić information content (AvgIpc) is 3.07. The second-order valence-electron chi connectivity index (χ2n) is 6.27. The number of aromatic nitrogens is 1. The van der Waals surface area contributed by atoms with Gasteiger partial charge in [-0.15, -0.1) is 11.3 Å². The molecule has 1 aliphatic heterocycles. The van der Waals surface area contributed by atoms with E-state index >= 15 is 0 Å². The number of β-lactam (4-membered cyclic amide) rings is 1. The lowest BCUT2D eigenvalue weighted by molar-refractivity contribution is -0.162. The molecule has 1 aromatic heterocycles. The summed E-state index contributed by atoms with van der Waals surface area (Å²) in [5.41, 5.74) is 5.96. The summed E-state index contributed by atoms with van der Waals surface area (Å²) >= 11 is 1.13. The van der Waals surface area contributed by atoms with Gasteiger partial charge in [-0.2, -0.15) is 12.7 Å². The number of thiazole rings is 1. The zero-order chi connectivity index (χ0) is 21.8. The Morgan fingerprint density at radius 1 is 1.45 bits per heavy atom. The molecule has 162 valence electrons. The van der Waals surface area contributed by atoms with Gasteiger partial charge in [-0.05, 0) is 13.0 Å². The normalized spacial score (nSPS) is 20.1. The lowest BCUT2D eigenvalue weighted by atomic mass is 9.98. The van der Waals surface area contributed by atoms with Crippen molar-refractivity contribution in [3.05, 3.63) is 11.1 Å². The number of hydrogen-bond donors (Lipinski definition) is 4. The lowest BCUT2D eigenvalue weighted by Gasteiger charge is -2.42. The van der Waals surface area contributed by atoms with Crippen molar-refractivity contribution in [1.29, 1.82) is 0 Å². The topological polar surface area (TPSA) is 181 Å². The molecular formula is C15H23N5O7S2. The maximum atomic E-state index is 12.8. The molecule has 0 saturated carbocycles. The zero-order valence-corrected chi connectivity index (χ0v) is 17.5. The van der Waals surface area contributed by atoms with Crippen molar-refractivity contribution >= 4 is 44.6 Å². The van der Waals surface area contributed by atoms with Gasteiger partial charge in [0.25, 0.3) is 5.91 Å². The Bertz CT molecular complexity index is 872. The van der Waals surface area contributed by atoms with Crippen LogP contribution >= 0.6 is 11.3 Å². The largest absolute Gasteiger partial charge is 0.467 e. The first-order chi connectivity index (χ1) is 13.6. The highest BCUT2D eigenvalue weighted by Gasteiger charge is 2.58. The predicted molar refractivity (Wildman–Crippen MR) is 103 cm³/mol. The van der Waals surface area contributed by atoms with Crippen molar-refractivity contribution in [2.24, 2.45) is 0 Å². The Labute approximate surface area is 171 Å². The number of esters is 1. The van der Waals surface area contributed by atoms with Gasteiger partial charge in [-0.1, -0.05) is 19.8 Å². The van der Waals surface area contributed by atoms with Gasteiger partial charge < -0.3 is 21.1 Å². The van der Waals surface area contributed by atoms with E-state index in [0.717, 1.165) is 37.7 Å². The van der Waals surface area contributed by atoms with E-state index in [2.05, 4.69) is 20.4 Å². The number of nitrogen functional groups attached to an aromatic ring is 1. The summed E-state index contributed by atoms with van der Waals surface area (Å²) in [6.07, 6.45) is 2.71. The van der Waals surface area contributed by atoms with E-state index in [4.69, 9.17) is 10.3 Å². The molecular weight excluding hydrogens is 426 g/mol. The van der Waals surface area contributed by atoms with E-state index in [1.54, 1.807) is 5.38 Å². The van der Waals surface area contributed by atoms with Gasteiger partial charge in [-0.25, -0.2) is 9.78 Å². The van der Waals surface area contributed by atoms with Crippen molar-refractivity contribution in [3.63, 3.8) is 0 Å². The predicted octanol–water partition coefficient (Wildman–Crippen LogP) is -0.782. The minimum atomic E-state index is -4.99. The summed E-state index contributed by atoms with van der Waals surface area (Å²) in [4.78, 5) is 40.9. The van der Waals surface area contributed by atoms with Crippen molar-refractivity contribution in [1.82, 2.24) is 19.9 Å². The summed E-state index contributed by atoms with van der Waals surface area (Å²) in [6.45, 7) is 2.51. The molecule has 2 rings (SSSR count). The molecule has 0 aliphatic carbocycles. The summed E-state index contributed by atoms with van der Waals surface area (Å²) in [7, 11) is -4.00. The second kappa shape index (κ2) is 9.47. The fourth-order valence-corrected chi connectivity index (χ4v) is 4.26. The molecule has 1 fully saturated rings. The number of carbonyl (C=O) groups is 3. The summed E-state index contributed by atoms with van der Waals surface area (Å²) in [5, 5.41) is 7.19. The lowest BCUT2D eigenvalue weighted by Crippen LogP contribution is -2.74. The van der Waals surface area contributed by atoms with Crippen LogP contribution in [0.1, 0.15) is 37.9 Å². The van der Waals surface area contributed by atoms with Crippen LogP contribution in [0, 0.1) is 0 Å². The smallest absolute Gasteiger partial charge is 0.363 e. The Kier molecular flexibility index (Phi) is 7.51. The van der Waals surface area contributed by atoms with Crippen LogP contribution in [-0.2, 0) is 29.4 Å². The molecule has 1 aliphatic rings. The first-order valence-corrected chi connectivity index (χ1v) is 11.0. The molecule has 14 heteroatoms. The van der Waals surface area contributed by atoms with Gasteiger partial charge >= 0.3 is 16.3 Å². The molecule has 29 heavy (non-hydrogen) atoms. The van der Waals surface area contributed by atoms with E-state index in [0.29, 0.717) is 12.2 Å². The Hall–Kier alpha value is -2.29. The molecule has 0 radical (unpaired) electrons. The molecule has 5 N–H and O–H groups in total. The average molecular weight is 450 g/mol. The quantitative estimate of drug-likeness (QED) is 0.153. The Morgan fingerprint density at radius 3 is 2.66 bits per heavy atom. The van der Waals surface area contributed by atoms with Crippen LogP contribution in [0.2, 0.25) is 0 Å². The summed E-state index contributed by atoms with van der Waals surface area (Å²) in [6, 6.07) is -4.17. The van der Waals surface area contributed by atoms with Crippen LogP contribution in [0.5, 0.6) is 0 Å². The van der Waals surface area contributed by atoms with E-state index in [1.165, 1.54) is 0 Å². The second-order valence-corrected chi connectivity index (χ2v) is 8.45. The van der Waals surface area contributed by atoms with Crippen molar-refractivity contribution in [2.45, 2.75) is 44.3 Å². The monoisotopic (exact) mass is 449 g/mol. The minimum Gasteiger partial charge on any atom is -0.467 e. The van der Waals surface area contributed by atoms with Crippen molar-refractivity contribution in [2.75, 3.05) is 19.4 Å². The number of nitrogens with zero attached hydrogens (tertiary/aromatic N) is 2. The molecule has 1 unspecified atom stereocenters. The molecule has 3 atom stereocenters. The zero-order valence-electron chi connectivity index (χ0n) is 15.8. The van der Waals surface area contributed by atoms with E-state index in [9.17, 15) is 22.8 Å². The van der Waals surface area contributed by atoms with E-state index < -0.39 is 46.2 Å². The molecule has 1 aromatic rings. The third kappa shape index (κ3) is 5.20. The highest BCUT2D eigenvalue weighted by molar-refractivity contribution is 7.84. The number of hydrogen-bond acceptors (Lipinski definition) is 10. The standard InChI is InChI=1S/C15H23N5O7S2/c1-3-4-5-6-17-9(8-7-28-15(16)18-8)12(21)19-10-11(14(23)27-2)20(13(10)22)29(24,25)26/h7,9-11,17H,3-6H2,1-2H3,(H2,16,18)(H,19,21)(H,24,25,26)/t9?,10-,11-/m1/s1. The molecule has 12 nitrogen and oxygen atoms in total. The maximum absolute atomic E-state index is 12.8. The van der Waals surface area contributed by atoms with Crippen LogP contribution in [0.25, 0.3) is 0 Å². The van der Waals surface area contributed by atoms with Gasteiger partial charge in [0.15, 0.2) is 11.2 Å². The molecule has 1 saturated heterocycles. The van der Waals surface area contributed by atoms with Gasteiger partial charge in [0.05, 0.1) is 12.8 Å². The molecule has 2 heterocycles. The van der Waals surface area contributed by atoms with Crippen LogP contribution in [-0.4, -0.2) is 65.8 Å². The first kappa shape index (κ1) is 23.0. The maximum Gasteiger partial charge on any atom is 0.363 e. The minimum absolute atomic E-state index is 0.0334. The first-order valence-electron chi connectivity index (χ1n) is 8.75.